The highest BCUT2D eigenvalue weighted by Crippen LogP contribution is 2.27. The fourth-order valence-electron chi connectivity index (χ4n) is 2.27. The lowest BCUT2D eigenvalue weighted by Crippen LogP contribution is -2.47. The number of hydrogen-bond acceptors (Lipinski definition) is 2. The Hall–Kier alpha value is -0.770. The van der Waals surface area contributed by atoms with Crippen molar-refractivity contribution in [2.24, 2.45) is 0 Å². The lowest BCUT2D eigenvalue weighted by molar-refractivity contribution is 0.189. The van der Waals surface area contributed by atoms with Gasteiger partial charge in [-0.15, -0.1) is 0 Å². The summed E-state index contributed by atoms with van der Waals surface area (Å²) in [6.07, 6.45) is 5.84. The number of carbonyl (C=O) groups is 1. The number of nitrogens with zero attached hydrogens (tertiary/aromatic N) is 1. The van der Waals surface area contributed by atoms with Crippen molar-refractivity contribution < 1.29 is 4.79 Å². The van der Waals surface area contributed by atoms with Crippen molar-refractivity contribution in [3.63, 3.8) is 0 Å². The van der Waals surface area contributed by atoms with Crippen molar-refractivity contribution in [2.75, 3.05) is 19.6 Å². The van der Waals surface area contributed by atoms with Crippen molar-refractivity contribution in [3.05, 3.63) is 0 Å². The Morgan fingerprint density at radius 2 is 2.25 bits per heavy atom. The van der Waals surface area contributed by atoms with Crippen LogP contribution in [0.4, 0.5) is 4.79 Å². The van der Waals surface area contributed by atoms with E-state index in [2.05, 4.69) is 17.6 Å². The van der Waals surface area contributed by atoms with Crippen LogP contribution >= 0.6 is 0 Å². The van der Waals surface area contributed by atoms with E-state index in [4.69, 9.17) is 0 Å². The van der Waals surface area contributed by atoms with Gasteiger partial charge in [0.15, 0.2) is 0 Å². The van der Waals surface area contributed by atoms with Gasteiger partial charge >= 0.3 is 6.03 Å². The second-order valence-corrected chi connectivity index (χ2v) is 4.91. The molecule has 2 N–H and O–H groups in total. The Balaban J connectivity index is 1.81. The molecule has 0 aromatic carbocycles. The first kappa shape index (κ1) is 11.7. The second-order valence-electron chi connectivity index (χ2n) is 4.91. The highest BCUT2D eigenvalue weighted by Gasteiger charge is 2.34. The highest BCUT2D eigenvalue weighted by atomic mass is 16.2. The van der Waals surface area contributed by atoms with Crippen LogP contribution in [-0.4, -0.2) is 42.6 Å². The van der Waals surface area contributed by atoms with E-state index in [1.54, 1.807) is 0 Å². The molecule has 1 atom stereocenters. The molecule has 16 heavy (non-hydrogen) atoms. The number of nitrogens with one attached hydrogen (secondary N) is 2. The van der Waals surface area contributed by atoms with Gasteiger partial charge in [0.05, 0.1) is 0 Å². The number of urea groups is 1. The minimum Gasteiger partial charge on any atom is -0.338 e. The Labute approximate surface area is 97.8 Å². The average Bonchev–Trinajstić information content (AvgIpc) is 3.00. The van der Waals surface area contributed by atoms with Crippen LogP contribution in [0, 0.1) is 0 Å². The summed E-state index contributed by atoms with van der Waals surface area (Å²) in [4.78, 5) is 14.0. The normalized spacial score (nSPS) is 24.4. The zero-order valence-corrected chi connectivity index (χ0v) is 10.2. The van der Waals surface area contributed by atoms with Crippen molar-refractivity contribution in [3.8, 4) is 0 Å². The molecule has 0 aromatic heterocycles. The summed E-state index contributed by atoms with van der Waals surface area (Å²) in [7, 11) is 0. The van der Waals surface area contributed by atoms with Crippen molar-refractivity contribution in [2.45, 2.75) is 51.1 Å². The minimum absolute atomic E-state index is 0.137. The van der Waals surface area contributed by atoms with Crippen LogP contribution in [0.2, 0.25) is 0 Å². The monoisotopic (exact) mass is 225 g/mol. The van der Waals surface area contributed by atoms with Gasteiger partial charge in [-0.3, -0.25) is 0 Å². The predicted molar refractivity (Wildman–Crippen MR) is 64.4 cm³/mol. The molecule has 4 nitrogen and oxygen atoms in total. The van der Waals surface area contributed by atoms with E-state index in [9.17, 15) is 4.79 Å². The molecule has 0 aromatic rings. The van der Waals surface area contributed by atoms with Gasteiger partial charge in [-0.2, -0.15) is 0 Å². The topological polar surface area (TPSA) is 44.4 Å². The summed E-state index contributed by atoms with van der Waals surface area (Å²) in [5.74, 6) is 0. The molecule has 0 spiro atoms. The van der Waals surface area contributed by atoms with Gasteiger partial charge in [0.25, 0.3) is 0 Å². The third-order valence-electron chi connectivity index (χ3n) is 3.35. The third kappa shape index (κ3) is 3.11. The molecule has 0 radical (unpaired) electrons. The maximum absolute atomic E-state index is 12.0. The van der Waals surface area contributed by atoms with E-state index in [1.807, 2.05) is 4.90 Å². The Bertz CT molecular complexity index is 234. The van der Waals surface area contributed by atoms with Crippen LogP contribution in [0.1, 0.15) is 39.0 Å². The summed E-state index contributed by atoms with van der Waals surface area (Å²) in [5.41, 5.74) is 0. The fraction of sp³-hybridized carbons (Fsp3) is 0.917. The van der Waals surface area contributed by atoms with Gasteiger partial charge in [0.2, 0.25) is 0 Å². The Morgan fingerprint density at radius 3 is 2.81 bits per heavy atom. The number of rotatable bonds is 5. The summed E-state index contributed by atoms with van der Waals surface area (Å²) >= 11 is 0. The van der Waals surface area contributed by atoms with Crippen LogP contribution in [0.15, 0.2) is 0 Å². The SMILES string of the molecule is CCCNC(=O)N(CC1CCCN1)C1CC1. The van der Waals surface area contributed by atoms with E-state index in [-0.39, 0.29) is 6.03 Å². The fourth-order valence-corrected chi connectivity index (χ4v) is 2.27. The van der Waals surface area contributed by atoms with Gasteiger partial charge < -0.3 is 15.5 Å². The molecule has 2 amide bonds. The van der Waals surface area contributed by atoms with Crippen LogP contribution in [0.3, 0.4) is 0 Å². The highest BCUT2D eigenvalue weighted by molar-refractivity contribution is 5.74. The largest absolute Gasteiger partial charge is 0.338 e. The number of amides is 2. The maximum atomic E-state index is 12.0. The first-order valence-corrected chi connectivity index (χ1v) is 6.59. The summed E-state index contributed by atoms with van der Waals surface area (Å²) in [6, 6.07) is 1.17. The molecular formula is C12H23N3O. The predicted octanol–water partition coefficient (Wildman–Crippen LogP) is 1.32. The zero-order valence-electron chi connectivity index (χ0n) is 10.2. The van der Waals surface area contributed by atoms with Crippen LogP contribution in [-0.2, 0) is 0 Å². The molecule has 1 aliphatic carbocycles. The molecule has 1 saturated heterocycles. The van der Waals surface area contributed by atoms with E-state index >= 15 is 0 Å². The summed E-state index contributed by atoms with van der Waals surface area (Å²) in [6.45, 7) is 4.88. The van der Waals surface area contributed by atoms with Crippen molar-refractivity contribution in [1.29, 1.82) is 0 Å². The molecule has 1 aliphatic heterocycles. The lowest BCUT2D eigenvalue weighted by atomic mass is 10.2. The van der Waals surface area contributed by atoms with Gasteiger partial charge in [0, 0.05) is 25.2 Å². The average molecular weight is 225 g/mol. The van der Waals surface area contributed by atoms with Gasteiger partial charge in [-0.1, -0.05) is 6.92 Å². The molecule has 2 aliphatic rings. The molecule has 0 bridgehead atoms. The van der Waals surface area contributed by atoms with Gasteiger partial charge in [0.1, 0.15) is 0 Å². The van der Waals surface area contributed by atoms with Gasteiger partial charge in [-0.05, 0) is 38.6 Å². The maximum Gasteiger partial charge on any atom is 0.317 e. The van der Waals surface area contributed by atoms with E-state index in [0.717, 1.165) is 26.1 Å². The Kier molecular flexibility index (Phi) is 4.04. The van der Waals surface area contributed by atoms with Gasteiger partial charge in [-0.25, -0.2) is 4.79 Å². The lowest BCUT2D eigenvalue weighted by Gasteiger charge is -2.26. The molecule has 92 valence electrons. The molecule has 1 unspecified atom stereocenters. The summed E-state index contributed by atoms with van der Waals surface area (Å²) in [5, 5.41) is 6.45. The number of carbonyl (C=O) groups excluding carboxylic acids is 1. The molecule has 2 fully saturated rings. The second kappa shape index (κ2) is 5.53. The van der Waals surface area contributed by atoms with Crippen LogP contribution in [0.5, 0.6) is 0 Å². The van der Waals surface area contributed by atoms with E-state index in [0.29, 0.717) is 12.1 Å². The zero-order chi connectivity index (χ0) is 11.4. The number of hydrogen-bond donors (Lipinski definition) is 2. The smallest absolute Gasteiger partial charge is 0.317 e. The van der Waals surface area contributed by atoms with Crippen LogP contribution in [0.25, 0.3) is 0 Å². The quantitative estimate of drug-likeness (QED) is 0.741. The molecular weight excluding hydrogens is 202 g/mol. The molecule has 1 saturated carbocycles. The van der Waals surface area contributed by atoms with Crippen LogP contribution < -0.4 is 10.6 Å². The Morgan fingerprint density at radius 1 is 1.44 bits per heavy atom. The van der Waals surface area contributed by atoms with Crippen molar-refractivity contribution in [1.82, 2.24) is 15.5 Å². The van der Waals surface area contributed by atoms with E-state index in [1.165, 1.54) is 25.7 Å². The first-order chi connectivity index (χ1) is 7.81. The van der Waals surface area contributed by atoms with E-state index < -0.39 is 0 Å². The van der Waals surface area contributed by atoms with Crippen molar-refractivity contribution >= 4 is 6.03 Å². The first-order valence-electron chi connectivity index (χ1n) is 6.59. The minimum atomic E-state index is 0.137. The molecule has 1 heterocycles. The standard InChI is InChI=1S/C12H23N3O/c1-2-7-14-12(16)15(11-5-6-11)9-10-4-3-8-13-10/h10-11,13H,2-9H2,1H3,(H,14,16). The third-order valence-corrected chi connectivity index (χ3v) is 3.35. The molecule has 2 rings (SSSR count). The molecule has 4 heteroatoms. The summed E-state index contributed by atoms with van der Waals surface area (Å²) < 4.78 is 0.